The van der Waals surface area contributed by atoms with Crippen LogP contribution in [0.25, 0.3) is 10.8 Å². The van der Waals surface area contributed by atoms with Gasteiger partial charge in [-0.25, -0.2) is 9.48 Å². The number of halogens is 3. The number of anilines is 2. The van der Waals surface area contributed by atoms with Gasteiger partial charge in [-0.3, -0.25) is 14.9 Å². The minimum atomic E-state index is -4.67. The lowest BCUT2D eigenvalue weighted by Gasteiger charge is -2.21. The quantitative estimate of drug-likeness (QED) is 0.578. The molecule has 0 aliphatic rings. The molecule has 11 heteroatoms. The zero-order chi connectivity index (χ0) is 25.3. The van der Waals surface area contributed by atoms with Crippen LogP contribution in [0.1, 0.15) is 32.0 Å². The van der Waals surface area contributed by atoms with Crippen molar-refractivity contribution in [3.63, 3.8) is 0 Å². The topological polar surface area (TPSA) is 102 Å². The van der Waals surface area contributed by atoms with Crippen molar-refractivity contribution in [2.24, 2.45) is 7.05 Å². The fourth-order valence-electron chi connectivity index (χ4n) is 3.20. The first-order valence-corrected chi connectivity index (χ1v) is 10.2. The summed E-state index contributed by atoms with van der Waals surface area (Å²) in [6, 6.07) is 9.11. The van der Waals surface area contributed by atoms with Gasteiger partial charge < -0.3 is 10.1 Å². The first kappa shape index (κ1) is 24.7. The summed E-state index contributed by atoms with van der Waals surface area (Å²) in [7, 11) is 1.44. The summed E-state index contributed by atoms with van der Waals surface area (Å²) in [5.41, 5.74) is -2.27. The monoisotopic (exact) mass is 476 g/mol. The number of alkyl halides is 3. The summed E-state index contributed by atoms with van der Waals surface area (Å²) in [6.07, 6.45) is -5.88. The second-order valence-corrected chi connectivity index (χ2v) is 8.53. The number of amides is 2. The van der Waals surface area contributed by atoms with E-state index < -0.39 is 29.3 Å². The van der Waals surface area contributed by atoms with Gasteiger partial charge in [0.1, 0.15) is 5.60 Å². The van der Waals surface area contributed by atoms with Crippen LogP contribution in [0.3, 0.4) is 0 Å². The number of nitrogens with one attached hydrogen (secondary N) is 2. The smallest absolute Gasteiger partial charge is 0.416 e. The van der Waals surface area contributed by atoms with Crippen molar-refractivity contribution in [3.05, 3.63) is 64.1 Å². The average Bonchev–Trinajstić information content (AvgIpc) is 2.71. The van der Waals surface area contributed by atoms with Crippen LogP contribution in [-0.4, -0.2) is 27.4 Å². The Bertz CT molecular complexity index is 1310. The largest absolute Gasteiger partial charge is 0.444 e. The number of benzene rings is 2. The van der Waals surface area contributed by atoms with Crippen molar-refractivity contribution >= 4 is 34.1 Å². The summed E-state index contributed by atoms with van der Waals surface area (Å²) in [6.45, 7) is 4.89. The number of aromatic nitrogens is 2. The fraction of sp³-hybridized carbons (Fsp3) is 0.304. The lowest BCUT2D eigenvalue weighted by Crippen LogP contribution is -2.28. The van der Waals surface area contributed by atoms with Crippen LogP contribution < -0.4 is 16.2 Å². The van der Waals surface area contributed by atoms with E-state index in [0.717, 1.165) is 22.9 Å². The van der Waals surface area contributed by atoms with Crippen LogP contribution in [-0.2, 0) is 29.2 Å². The van der Waals surface area contributed by atoms with Gasteiger partial charge in [0.05, 0.1) is 34.4 Å². The van der Waals surface area contributed by atoms with Gasteiger partial charge in [0.2, 0.25) is 5.91 Å². The summed E-state index contributed by atoms with van der Waals surface area (Å²) in [4.78, 5) is 37.2. The Balaban J connectivity index is 1.92. The lowest BCUT2D eigenvalue weighted by molar-refractivity contribution is -0.137. The molecular formula is C23H23F3N4O4. The molecule has 0 radical (unpaired) electrons. The molecule has 0 bridgehead atoms. The van der Waals surface area contributed by atoms with E-state index in [1.807, 2.05) is 0 Å². The molecule has 0 spiro atoms. The van der Waals surface area contributed by atoms with Gasteiger partial charge in [0.25, 0.3) is 5.56 Å². The molecule has 0 atom stereocenters. The van der Waals surface area contributed by atoms with Gasteiger partial charge in [-0.2, -0.15) is 18.3 Å². The Morgan fingerprint density at radius 2 is 1.65 bits per heavy atom. The van der Waals surface area contributed by atoms with E-state index in [-0.39, 0.29) is 29.0 Å². The molecule has 3 rings (SSSR count). The molecule has 1 aromatic heterocycles. The number of nitrogens with zero attached hydrogens (tertiary/aromatic N) is 2. The molecule has 34 heavy (non-hydrogen) atoms. The van der Waals surface area contributed by atoms with Crippen molar-refractivity contribution < 1.29 is 27.5 Å². The molecule has 2 N–H and O–H groups in total. The van der Waals surface area contributed by atoms with Gasteiger partial charge in [0.15, 0.2) is 0 Å². The van der Waals surface area contributed by atoms with Gasteiger partial charge >= 0.3 is 12.3 Å². The van der Waals surface area contributed by atoms with Crippen LogP contribution in [0.15, 0.2) is 47.3 Å². The van der Waals surface area contributed by atoms with Crippen LogP contribution in [0.2, 0.25) is 0 Å². The molecule has 8 nitrogen and oxygen atoms in total. The number of carbonyl (C=O) groups is 2. The highest BCUT2D eigenvalue weighted by Gasteiger charge is 2.31. The van der Waals surface area contributed by atoms with Crippen LogP contribution in [0.4, 0.5) is 29.3 Å². The van der Waals surface area contributed by atoms with E-state index in [2.05, 4.69) is 15.7 Å². The molecule has 3 aromatic rings. The zero-order valence-corrected chi connectivity index (χ0v) is 18.9. The Labute approximate surface area is 192 Å². The predicted octanol–water partition coefficient (Wildman–Crippen LogP) is 4.48. The van der Waals surface area contributed by atoms with Crippen LogP contribution in [0.5, 0.6) is 0 Å². The third-order valence-electron chi connectivity index (χ3n) is 4.62. The number of fused-ring (bicyclic) bond motifs is 1. The van der Waals surface area contributed by atoms with Gasteiger partial charge in [0, 0.05) is 12.4 Å². The van der Waals surface area contributed by atoms with Crippen LogP contribution >= 0.6 is 0 Å². The zero-order valence-electron chi connectivity index (χ0n) is 18.9. The third kappa shape index (κ3) is 5.91. The highest BCUT2D eigenvalue weighted by molar-refractivity contribution is 6.00. The summed E-state index contributed by atoms with van der Waals surface area (Å²) in [5, 5.41) is 9.69. The Kier molecular flexibility index (Phi) is 6.67. The fourth-order valence-corrected chi connectivity index (χ4v) is 3.20. The molecule has 1 heterocycles. The number of hydrogen-bond donors (Lipinski definition) is 2. The van der Waals surface area contributed by atoms with Gasteiger partial charge in [-0.05, 0) is 45.0 Å². The molecule has 0 saturated carbocycles. The van der Waals surface area contributed by atoms with Crippen molar-refractivity contribution in [1.29, 1.82) is 0 Å². The number of rotatable bonds is 4. The number of ether oxygens (including phenoxy) is 1. The standard InChI is InChI=1S/C23H23F3N4O4/c1-22(2,3)34-21(33)28-16-10-9-13(23(24,25)26)11-18(16)27-19(31)12-17-14-7-5-6-8-15(14)20(32)30(4)29-17/h5-11H,12H2,1-4H3,(H,27,31)(H,28,33). The Morgan fingerprint density at radius 3 is 2.26 bits per heavy atom. The third-order valence-corrected chi connectivity index (χ3v) is 4.62. The number of hydrogen-bond acceptors (Lipinski definition) is 5. The normalized spacial score (nSPS) is 11.9. The Hall–Kier alpha value is -3.89. The van der Waals surface area contributed by atoms with E-state index in [1.165, 1.54) is 7.05 Å². The summed E-state index contributed by atoms with van der Waals surface area (Å²) >= 11 is 0. The van der Waals surface area contributed by atoms with Crippen molar-refractivity contribution in [3.8, 4) is 0 Å². The number of aryl methyl sites for hydroxylation is 1. The van der Waals surface area contributed by atoms with E-state index in [1.54, 1.807) is 45.0 Å². The van der Waals surface area contributed by atoms with E-state index >= 15 is 0 Å². The predicted molar refractivity (Wildman–Crippen MR) is 121 cm³/mol. The second kappa shape index (κ2) is 9.16. The molecule has 0 aliphatic carbocycles. The van der Waals surface area contributed by atoms with Gasteiger partial charge in [-0.15, -0.1) is 0 Å². The number of carbonyl (C=O) groups excluding carboxylic acids is 2. The van der Waals surface area contributed by atoms with E-state index in [9.17, 15) is 27.6 Å². The molecule has 2 amide bonds. The summed E-state index contributed by atoms with van der Waals surface area (Å²) < 4.78 is 46.0. The summed E-state index contributed by atoms with van der Waals surface area (Å²) in [5.74, 6) is -0.692. The van der Waals surface area contributed by atoms with Crippen molar-refractivity contribution in [2.75, 3.05) is 10.6 Å². The molecule has 0 saturated heterocycles. The maximum Gasteiger partial charge on any atom is 0.416 e. The minimum absolute atomic E-state index is 0.0751. The van der Waals surface area contributed by atoms with Crippen LogP contribution in [0, 0.1) is 0 Å². The average molecular weight is 476 g/mol. The molecule has 0 unspecified atom stereocenters. The maximum atomic E-state index is 13.3. The minimum Gasteiger partial charge on any atom is -0.444 e. The molecule has 2 aromatic carbocycles. The SMILES string of the molecule is Cn1nc(CC(=O)Nc2cc(C(F)(F)F)ccc2NC(=O)OC(C)(C)C)c2ccccc2c1=O. The first-order chi connectivity index (χ1) is 15.7. The highest BCUT2D eigenvalue weighted by atomic mass is 19.4. The van der Waals surface area contributed by atoms with Gasteiger partial charge in [-0.1, -0.05) is 18.2 Å². The lowest BCUT2D eigenvalue weighted by atomic mass is 10.1. The molecule has 180 valence electrons. The van der Waals surface area contributed by atoms with Crippen molar-refractivity contribution in [2.45, 2.75) is 39.0 Å². The second-order valence-electron chi connectivity index (χ2n) is 8.53. The Morgan fingerprint density at radius 1 is 1.00 bits per heavy atom. The maximum absolute atomic E-state index is 13.3. The molecule has 0 fully saturated rings. The highest BCUT2D eigenvalue weighted by Crippen LogP contribution is 2.34. The van der Waals surface area contributed by atoms with Crippen molar-refractivity contribution in [1.82, 2.24) is 9.78 Å². The molecular weight excluding hydrogens is 453 g/mol. The van der Waals surface area contributed by atoms with E-state index in [4.69, 9.17) is 4.74 Å². The van der Waals surface area contributed by atoms with E-state index in [0.29, 0.717) is 10.8 Å². The first-order valence-electron chi connectivity index (χ1n) is 10.2. The molecule has 0 aliphatic heterocycles.